The Kier molecular flexibility index (Phi) is 6.38. The molecule has 248 valence electrons. The second kappa shape index (κ2) is 11.3. The standard InChI is InChI=1S/C48H34N2O2/c1-29-25-26-49-40(27-29)44-38(35-19-11-18-34-31-15-5-8-22-41(31)50(46(34)35)30-13-3-2-4-14-30)28-39-33-17-7-10-24-43(33)52-48(39)45(44)37-21-12-20-36-32-16-6-9-23-42(32)51-47(36)37/h2-10,13-17,19-20,22-28H,11-12,18,21H2,1H3. The molecule has 52 heavy (non-hydrogen) atoms. The minimum absolute atomic E-state index is 0.829. The summed E-state index contributed by atoms with van der Waals surface area (Å²) in [6, 6.07) is 43.2. The van der Waals surface area contributed by atoms with Gasteiger partial charge in [0.05, 0.1) is 16.9 Å². The molecule has 5 aromatic carbocycles. The molecule has 4 nitrogen and oxygen atoms in total. The monoisotopic (exact) mass is 670 g/mol. The van der Waals surface area contributed by atoms with E-state index in [1.165, 1.54) is 27.7 Å². The average Bonchev–Trinajstić information content (AvgIpc) is 3.87. The molecule has 0 atom stereocenters. The van der Waals surface area contributed by atoms with Gasteiger partial charge in [0.25, 0.3) is 0 Å². The van der Waals surface area contributed by atoms with Crippen LogP contribution in [0.1, 0.15) is 47.2 Å². The molecule has 4 aromatic heterocycles. The Morgan fingerprint density at radius 3 is 2.21 bits per heavy atom. The maximum atomic E-state index is 6.95. The first-order valence-electron chi connectivity index (χ1n) is 18.2. The molecular formula is C48H34N2O2. The van der Waals surface area contributed by atoms with Crippen LogP contribution in [0.15, 0.2) is 142 Å². The van der Waals surface area contributed by atoms with Gasteiger partial charge in [-0.15, -0.1) is 0 Å². The van der Waals surface area contributed by atoms with Gasteiger partial charge in [-0.05, 0) is 97.8 Å². The summed E-state index contributed by atoms with van der Waals surface area (Å²) >= 11 is 0. The number of aryl methyl sites for hydroxylation is 2. The van der Waals surface area contributed by atoms with E-state index in [-0.39, 0.29) is 0 Å². The first-order valence-corrected chi connectivity index (χ1v) is 18.2. The molecule has 0 spiro atoms. The zero-order valence-corrected chi connectivity index (χ0v) is 28.8. The van der Waals surface area contributed by atoms with Gasteiger partial charge in [0.2, 0.25) is 0 Å². The first-order chi connectivity index (χ1) is 25.7. The van der Waals surface area contributed by atoms with Crippen LogP contribution in [0.2, 0.25) is 0 Å². The van der Waals surface area contributed by atoms with E-state index >= 15 is 0 Å². The normalized spacial score (nSPS) is 14.2. The van der Waals surface area contributed by atoms with Crippen molar-refractivity contribution in [3.63, 3.8) is 0 Å². The lowest BCUT2D eigenvalue weighted by Crippen LogP contribution is -2.27. The van der Waals surface area contributed by atoms with Gasteiger partial charge in [-0.25, -0.2) is 0 Å². The van der Waals surface area contributed by atoms with Crippen molar-refractivity contribution in [2.45, 2.75) is 32.6 Å². The van der Waals surface area contributed by atoms with Gasteiger partial charge in [0.15, 0.2) is 0 Å². The average molecular weight is 671 g/mol. The molecule has 0 saturated carbocycles. The predicted molar refractivity (Wildman–Crippen MR) is 212 cm³/mol. The highest BCUT2D eigenvalue weighted by Crippen LogP contribution is 2.48. The Bertz CT molecular complexity index is 3080. The number of fused-ring (bicyclic) bond motifs is 9. The van der Waals surface area contributed by atoms with Crippen LogP contribution < -0.4 is 10.6 Å². The zero-order chi connectivity index (χ0) is 34.3. The van der Waals surface area contributed by atoms with Gasteiger partial charge in [-0.2, -0.15) is 0 Å². The van der Waals surface area contributed by atoms with Crippen LogP contribution >= 0.6 is 0 Å². The maximum Gasteiger partial charge on any atom is 0.143 e. The lowest BCUT2D eigenvalue weighted by atomic mass is 9.81. The highest BCUT2D eigenvalue weighted by molar-refractivity contribution is 6.14. The Morgan fingerprint density at radius 1 is 0.635 bits per heavy atom. The molecule has 0 unspecified atom stereocenters. The van der Waals surface area contributed by atoms with Crippen LogP contribution in [-0.2, 0) is 6.42 Å². The van der Waals surface area contributed by atoms with E-state index in [0.717, 1.165) is 108 Å². The van der Waals surface area contributed by atoms with Crippen molar-refractivity contribution in [1.29, 1.82) is 0 Å². The lowest BCUT2D eigenvalue weighted by Gasteiger charge is -2.24. The summed E-state index contributed by atoms with van der Waals surface area (Å²) in [4.78, 5) is 5.13. The molecule has 2 aliphatic carbocycles. The molecule has 0 bridgehead atoms. The second-order valence-corrected chi connectivity index (χ2v) is 14.1. The van der Waals surface area contributed by atoms with Crippen molar-refractivity contribution < 1.29 is 8.83 Å². The van der Waals surface area contributed by atoms with E-state index in [2.05, 4.69) is 145 Å². The highest BCUT2D eigenvalue weighted by Gasteiger charge is 2.31. The number of allylic oxidation sites excluding steroid dienone is 1. The molecule has 0 saturated heterocycles. The molecule has 0 aliphatic heterocycles. The number of rotatable bonds is 4. The number of nitrogens with zero attached hydrogens (tertiary/aromatic N) is 2. The van der Waals surface area contributed by atoms with Crippen molar-refractivity contribution in [3.8, 4) is 16.9 Å². The van der Waals surface area contributed by atoms with Crippen molar-refractivity contribution >= 4 is 61.0 Å². The minimum Gasteiger partial charge on any atom is -0.456 e. The number of aromatic nitrogens is 2. The summed E-state index contributed by atoms with van der Waals surface area (Å²) in [6.45, 7) is 2.15. The van der Waals surface area contributed by atoms with Gasteiger partial charge in [0, 0.05) is 60.9 Å². The van der Waals surface area contributed by atoms with E-state index in [4.69, 9.17) is 13.8 Å². The van der Waals surface area contributed by atoms with E-state index in [9.17, 15) is 0 Å². The van der Waals surface area contributed by atoms with Crippen LogP contribution in [0.25, 0.3) is 78.0 Å². The predicted octanol–water partition coefficient (Wildman–Crippen LogP) is 10.8. The van der Waals surface area contributed by atoms with E-state index < -0.39 is 0 Å². The number of furan rings is 2. The number of hydrogen-bond acceptors (Lipinski definition) is 3. The van der Waals surface area contributed by atoms with E-state index in [1.54, 1.807) is 0 Å². The smallest absolute Gasteiger partial charge is 0.143 e. The van der Waals surface area contributed by atoms with E-state index in [0.29, 0.717) is 0 Å². The number of hydrogen-bond donors (Lipinski definition) is 0. The Morgan fingerprint density at radius 2 is 1.37 bits per heavy atom. The van der Waals surface area contributed by atoms with Gasteiger partial charge < -0.3 is 13.4 Å². The van der Waals surface area contributed by atoms with Gasteiger partial charge in [-0.1, -0.05) is 84.9 Å². The first kappa shape index (κ1) is 29.4. The van der Waals surface area contributed by atoms with Crippen LogP contribution in [0.5, 0.6) is 0 Å². The second-order valence-electron chi connectivity index (χ2n) is 14.1. The largest absolute Gasteiger partial charge is 0.456 e. The summed E-state index contributed by atoms with van der Waals surface area (Å²) in [6.07, 6.45) is 10.4. The third kappa shape index (κ3) is 4.24. The number of benzene rings is 5. The SMILES string of the molecule is Cc1ccnc(-c2c(C3=CCCc4c3n(-c3ccccc3)c3ccccc43)cc3c(oc4ccccc43)c2C2=c3oc4ccccc4c3=CCC2)c1. The van der Waals surface area contributed by atoms with Crippen molar-refractivity contribution in [2.75, 3.05) is 0 Å². The fourth-order valence-corrected chi connectivity index (χ4v) is 8.89. The van der Waals surface area contributed by atoms with Gasteiger partial charge in [0.1, 0.15) is 22.2 Å². The molecule has 4 heteroatoms. The zero-order valence-electron chi connectivity index (χ0n) is 28.8. The molecule has 2 aliphatic rings. The molecule has 0 radical (unpaired) electrons. The Hall–Kier alpha value is -6.39. The molecule has 0 N–H and O–H groups in total. The quantitative estimate of drug-likeness (QED) is 0.187. The third-order valence-corrected chi connectivity index (χ3v) is 11.1. The van der Waals surface area contributed by atoms with Crippen molar-refractivity contribution in [2.24, 2.45) is 0 Å². The number of pyridine rings is 1. The van der Waals surface area contributed by atoms with Crippen LogP contribution in [0.3, 0.4) is 0 Å². The fraction of sp³-hybridized carbons (Fsp3) is 0.104. The van der Waals surface area contributed by atoms with Crippen LogP contribution in [-0.4, -0.2) is 9.55 Å². The molecule has 4 heterocycles. The summed E-state index contributed by atoms with van der Waals surface area (Å²) in [5, 5.41) is 5.83. The fourth-order valence-electron chi connectivity index (χ4n) is 8.89. The maximum absolute atomic E-state index is 6.95. The van der Waals surface area contributed by atoms with E-state index in [1.807, 2.05) is 6.20 Å². The van der Waals surface area contributed by atoms with Crippen molar-refractivity contribution in [1.82, 2.24) is 9.55 Å². The van der Waals surface area contributed by atoms with Crippen LogP contribution in [0, 0.1) is 6.92 Å². The Balaban J connectivity index is 1.34. The summed E-state index contributed by atoms with van der Waals surface area (Å²) in [7, 11) is 0. The molecule has 11 rings (SSSR count). The molecule has 0 amide bonds. The highest BCUT2D eigenvalue weighted by atomic mass is 16.3. The minimum atomic E-state index is 0.829. The summed E-state index contributed by atoms with van der Waals surface area (Å²) < 4.78 is 16.2. The lowest BCUT2D eigenvalue weighted by molar-refractivity contribution is 0.568. The summed E-state index contributed by atoms with van der Waals surface area (Å²) in [5.74, 6) is 0. The third-order valence-electron chi connectivity index (χ3n) is 11.1. The number of para-hydroxylation sites is 4. The van der Waals surface area contributed by atoms with Crippen LogP contribution in [0.4, 0.5) is 0 Å². The van der Waals surface area contributed by atoms with Gasteiger partial charge in [-0.3, -0.25) is 4.98 Å². The van der Waals surface area contributed by atoms with Crippen molar-refractivity contribution in [3.05, 3.63) is 172 Å². The Labute approximate surface area is 300 Å². The summed E-state index contributed by atoms with van der Waals surface area (Å²) in [5.41, 5.74) is 16.4. The molecule has 9 aromatic rings. The molecule has 0 fully saturated rings. The molecular weight excluding hydrogens is 637 g/mol. The van der Waals surface area contributed by atoms with Gasteiger partial charge >= 0.3 is 0 Å². The topological polar surface area (TPSA) is 44.1 Å².